The molecule has 0 aliphatic carbocycles. The molecule has 0 saturated heterocycles. The molecule has 192 valence electrons. The third-order valence-electron chi connectivity index (χ3n) is 4.48. The van der Waals surface area contributed by atoms with Gasteiger partial charge in [0.1, 0.15) is 24.1 Å². The molecule has 1 heterocycles. The number of hydrogen-bond donors (Lipinski definition) is 4. The molecule has 2 aromatic carbocycles. The standard InChI is InChI=1S/C21H19F6N7OS/c1-36-19-32-16(28)9-17(33-19)35-15-4-2-11(3-5-15)18(34-29)31-10-30-14-7-12(20(22,23)24)6-13(8-14)21(25,26)27/h2-9,30H,10,29H2,1H3,(H,31,34)(H2,28,32,33). The van der Waals surface area contributed by atoms with E-state index in [9.17, 15) is 26.3 Å². The van der Waals surface area contributed by atoms with Crippen molar-refractivity contribution in [1.29, 1.82) is 0 Å². The second-order valence-corrected chi connectivity index (χ2v) is 7.80. The number of benzene rings is 2. The number of thioether (sulfide) groups is 1. The van der Waals surface area contributed by atoms with Crippen molar-refractivity contribution in [2.75, 3.05) is 24.0 Å². The lowest BCUT2D eigenvalue weighted by atomic mass is 10.1. The Morgan fingerprint density at radius 3 is 2.11 bits per heavy atom. The molecule has 0 unspecified atom stereocenters. The number of nitrogens with one attached hydrogen (secondary N) is 2. The summed E-state index contributed by atoms with van der Waals surface area (Å²) in [5.41, 5.74) is 5.24. The fraction of sp³-hybridized carbons (Fsp3) is 0.190. The first-order valence-electron chi connectivity index (χ1n) is 9.90. The number of nitrogens with two attached hydrogens (primary N) is 2. The van der Waals surface area contributed by atoms with Gasteiger partial charge in [0, 0.05) is 17.3 Å². The van der Waals surface area contributed by atoms with Crippen LogP contribution in [0.25, 0.3) is 0 Å². The highest BCUT2D eigenvalue weighted by atomic mass is 32.2. The number of alkyl halides is 6. The second-order valence-electron chi connectivity index (χ2n) is 7.02. The number of rotatable bonds is 7. The van der Waals surface area contributed by atoms with Gasteiger partial charge in [-0.3, -0.25) is 0 Å². The van der Waals surface area contributed by atoms with Gasteiger partial charge in [-0.2, -0.15) is 31.3 Å². The van der Waals surface area contributed by atoms with Gasteiger partial charge in [0.2, 0.25) is 5.88 Å². The first-order chi connectivity index (χ1) is 16.9. The zero-order chi connectivity index (χ0) is 26.5. The van der Waals surface area contributed by atoms with E-state index in [-0.39, 0.29) is 30.3 Å². The van der Waals surface area contributed by atoms with Crippen molar-refractivity contribution in [2.45, 2.75) is 17.5 Å². The highest BCUT2D eigenvalue weighted by Gasteiger charge is 2.36. The predicted octanol–water partition coefficient (Wildman–Crippen LogP) is 4.89. The average molecular weight is 531 g/mol. The largest absolute Gasteiger partial charge is 0.439 e. The van der Waals surface area contributed by atoms with Gasteiger partial charge in [0.05, 0.1) is 11.1 Å². The van der Waals surface area contributed by atoms with Crippen LogP contribution in [-0.4, -0.2) is 28.7 Å². The SMILES string of the molecule is CSc1nc(N)cc(Oc2ccc(/C(=N/CNc3cc(C(F)(F)F)cc(C(F)(F)F)c3)NN)cc2)n1. The van der Waals surface area contributed by atoms with E-state index in [1.165, 1.54) is 17.8 Å². The van der Waals surface area contributed by atoms with Crippen LogP contribution >= 0.6 is 11.8 Å². The number of halogens is 6. The molecule has 3 aromatic rings. The fourth-order valence-corrected chi connectivity index (χ4v) is 3.23. The number of nitrogens with zero attached hydrogens (tertiary/aromatic N) is 3. The molecule has 0 aliphatic rings. The third kappa shape index (κ3) is 7.14. The van der Waals surface area contributed by atoms with Crippen LogP contribution in [0.4, 0.5) is 37.8 Å². The maximum atomic E-state index is 13.0. The molecule has 0 bridgehead atoms. The van der Waals surface area contributed by atoms with Crippen LogP contribution in [0.2, 0.25) is 0 Å². The van der Waals surface area contributed by atoms with Crippen LogP contribution in [0.1, 0.15) is 16.7 Å². The quantitative estimate of drug-likeness (QED) is 0.0647. The van der Waals surface area contributed by atoms with Crippen LogP contribution in [0, 0.1) is 0 Å². The molecule has 0 spiro atoms. The van der Waals surface area contributed by atoms with Crippen LogP contribution in [-0.2, 0) is 12.4 Å². The lowest BCUT2D eigenvalue weighted by Gasteiger charge is -2.15. The topological polar surface area (TPSA) is 123 Å². The highest BCUT2D eigenvalue weighted by molar-refractivity contribution is 7.98. The third-order valence-corrected chi connectivity index (χ3v) is 5.03. The van der Waals surface area contributed by atoms with Crippen molar-refractivity contribution in [3.05, 3.63) is 65.2 Å². The predicted molar refractivity (Wildman–Crippen MR) is 124 cm³/mol. The molecule has 1 aromatic heterocycles. The minimum absolute atomic E-state index is 0.0443. The van der Waals surface area contributed by atoms with E-state index in [0.29, 0.717) is 28.6 Å². The van der Waals surface area contributed by atoms with Gasteiger partial charge in [0.25, 0.3) is 0 Å². The number of ether oxygens (including phenoxy) is 1. The van der Waals surface area contributed by atoms with Crippen molar-refractivity contribution in [3.63, 3.8) is 0 Å². The van der Waals surface area contributed by atoms with Crippen molar-refractivity contribution in [3.8, 4) is 11.6 Å². The summed E-state index contributed by atoms with van der Waals surface area (Å²) in [5.74, 6) is 6.47. The summed E-state index contributed by atoms with van der Waals surface area (Å²) in [7, 11) is 0. The number of hydrogen-bond acceptors (Lipinski definition) is 8. The Kier molecular flexibility index (Phi) is 8.14. The molecule has 6 N–H and O–H groups in total. The van der Waals surface area contributed by atoms with Crippen molar-refractivity contribution < 1.29 is 31.1 Å². The van der Waals surface area contributed by atoms with E-state index in [2.05, 4.69) is 25.7 Å². The van der Waals surface area contributed by atoms with E-state index < -0.39 is 29.2 Å². The minimum atomic E-state index is -4.96. The van der Waals surface area contributed by atoms with E-state index >= 15 is 0 Å². The van der Waals surface area contributed by atoms with E-state index in [4.69, 9.17) is 16.3 Å². The van der Waals surface area contributed by atoms with E-state index in [1.807, 2.05) is 0 Å². The van der Waals surface area contributed by atoms with Gasteiger partial charge in [-0.1, -0.05) is 11.8 Å². The molecular weight excluding hydrogens is 512 g/mol. The van der Waals surface area contributed by atoms with Gasteiger partial charge < -0.3 is 21.2 Å². The number of aliphatic imine (C=N–C) groups is 1. The smallest absolute Gasteiger partial charge is 0.416 e. The monoisotopic (exact) mass is 531 g/mol. The van der Waals surface area contributed by atoms with Crippen molar-refractivity contribution in [1.82, 2.24) is 15.4 Å². The Labute approximate surface area is 205 Å². The zero-order valence-corrected chi connectivity index (χ0v) is 19.2. The van der Waals surface area contributed by atoms with Gasteiger partial charge in [-0.25, -0.2) is 15.8 Å². The number of nitrogen functional groups attached to an aromatic ring is 1. The number of aromatic nitrogens is 2. The lowest BCUT2D eigenvalue weighted by Crippen LogP contribution is -2.31. The normalized spacial score (nSPS) is 12.4. The lowest BCUT2D eigenvalue weighted by molar-refractivity contribution is -0.143. The van der Waals surface area contributed by atoms with E-state index in [1.54, 1.807) is 30.5 Å². The highest BCUT2D eigenvalue weighted by Crippen LogP contribution is 2.37. The summed E-state index contributed by atoms with van der Waals surface area (Å²) in [6.07, 6.45) is -8.13. The molecule has 3 rings (SSSR count). The Hall–Kier alpha value is -3.72. The van der Waals surface area contributed by atoms with Crippen molar-refractivity contribution in [2.24, 2.45) is 10.8 Å². The molecule has 0 saturated carbocycles. The van der Waals surface area contributed by atoms with Gasteiger partial charge in [-0.15, -0.1) is 0 Å². The molecule has 15 heteroatoms. The summed E-state index contributed by atoms with van der Waals surface area (Å²) < 4.78 is 83.8. The van der Waals surface area contributed by atoms with Gasteiger partial charge in [-0.05, 0) is 48.7 Å². The zero-order valence-electron chi connectivity index (χ0n) is 18.4. The van der Waals surface area contributed by atoms with Gasteiger partial charge in [0.15, 0.2) is 5.16 Å². The summed E-state index contributed by atoms with van der Waals surface area (Å²) in [4.78, 5) is 12.3. The molecule has 0 radical (unpaired) electrons. The van der Waals surface area contributed by atoms with Gasteiger partial charge >= 0.3 is 12.4 Å². The summed E-state index contributed by atoms with van der Waals surface area (Å²) in [6.45, 7) is -0.367. The maximum Gasteiger partial charge on any atom is 0.416 e. The first kappa shape index (κ1) is 26.9. The van der Waals surface area contributed by atoms with E-state index in [0.717, 1.165) is 0 Å². The van der Waals surface area contributed by atoms with Crippen LogP contribution in [0.15, 0.2) is 58.7 Å². The molecule has 36 heavy (non-hydrogen) atoms. The average Bonchev–Trinajstić information content (AvgIpc) is 2.81. The summed E-state index contributed by atoms with van der Waals surface area (Å²) >= 11 is 1.29. The molecule has 0 amide bonds. The molecule has 0 atom stereocenters. The minimum Gasteiger partial charge on any atom is -0.439 e. The maximum absolute atomic E-state index is 13.0. The van der Waals surface area contributed by atoms with Crippen LogP contribution in [0.5, 0.6) is 11.6 Å². The Balaban J connectivity index is 1.73. The number of amidine groups is 1. The van der Waals surface area contributed by atoms with Crippen LogP contribution < -0.4 is 27.1 Å². The number of anilines is 2. The van der Waals surface area contributed by atoms with Crippen molar-refractivity contribution >= 4 is 29.1 Å². The Bertz CT molecular complexity index is 1200. The summed E-state index contributed by atoms with van der Waals surface area (Å²) in [5, 5.41) is 2.86. The van der Waals surface area contributed by atoms with Crippen LogP contribution in [0.3, 0.4) is 0 Å². The molecule has 0 fully saturated rings. The molecular formula is C21H19F6N7OS. The summed E-state index contributed by atoms with van der Waals surface area (Å²) in [6, 6.07) is 8.95. The first-order valence-corrected chi connectivity index (χ1v) is 11.1. The Morgan fingerprint density at radius 2 is 1.58 bits per heavy atom. The molecule has 0 aliphatic heterocycles. The molecule has 8 nitrogen and oxygen atoms in total. The second kappa shape index (κ2) is 10.9. The fourth-order valence-electron chi connectivity index (χ4n) is 2.85. The Morgan fingerprint density at radius 1 is 0.972 bits per heavy atom. The number of hydrazine groups is 1.